The maximum Gasteiger partial charge on any atom is 0.224 e. The molecule has 1 heterocycles. The van der Waals surface area contributed by atoms with E-state index in [1.165, 1.54) is 0 Å². The van der Waals surface area contributed by atoms with Crippen molar-refractivity contribution in [2.75, 3.05) is 23.4 Å². The Labute approximate surface area is 124 Å². The Hall–Kier alpha value is -1.84. The minimum Gasteiger partial charge on any atom is -0.325 e. The normalized spacial score (nSPS) is 19.6. The maximum absolute atomic E-state index is 12.0. The highest BCUT2D eigenvalue weighted by Gasteiger charge is 2.29. The fourth-order valence-electron chi connectivity index (χ4n) is 2.34. The van der Waals surface area contributed by atoms with Crippen LogP contribution in [0.4, 0.5) is 5.69 Å². The molecule has 1 aliphatic heterocycles. The van der Waals surface area contributed by atoms with Crippen molar-refractivity contribution >= 4 is 21.4 Å². The average Bonchev–Trinajstić information content (AvgIpc) is 2.76. The Morgan fingerprint density at radius 2 is 2.14 bits per heavy atom. The van der Waals surface area contributed by atoms with Crippen molar-refractivity contribution in [2.45, 2.75) is 12.8 Å². The average molecular weight is 306 g/mol. The van der Waals surface area contributed by atoms with Crippen molar-refractivity contribution in [1.82, 2.24) is 0 Å². The van der Waals surface area contributed by atoms with Gasteiger partial charge in [-0.05, 0) is 24.5 Å². The highest BCUT2D eigenvalue weighted by atomic mass is 32.2. The molecule has 0 spiro atoms. The lowest BCUT2D eigenvalue weighted by atomic mass is 10.0. The van der Waals surface area contributed by atoms with Gasteiger partial charge in [0.15, 0.2) is 9.84 Å². The second-order valence-electron chi connectivity index (χ2n) is 5.07. The van der Waals surface area contributed by atoms with Gasteiger partial charge in [0.2, 0.25) is 5.91 Å². The lowest BCUT2D eigenvalue weighted by molar-refractivity contribution is -0.116. The van der Waals surface area contributed by atoms with E-state index in [-0.39, 0.29) is 36.3 Å². The number of nitrogens with two attached hydrogens (primary N) is 1. The molecule has 1 atom stereocenters. The molecule has 21 heavy (non-hydrogen) atoms. The molecule has 0 aromatic heterocycles. The van der Waals surface area contributed by atoms with Crippen molar-refractivity contribution < 1.29 is 13.2 Å². The highest BCUT2D eigenvalue weighted by Crippen LogP contribution is 2.22. The molecule has 5 nitrogen and oxygen atoms in total. The first-order valence-electron chi connectivity index (χ1n) is 6.78. The highest BCUT2D eigenvalue weighted by molar-refractivity contribution is 7.91. The summed E-state index contributed by atoms with van der Waals surface area (Å²) in [6.07, 6.45) is 0.780. The molecule has 0 bridgehead atoms. The van der Waals surface area contributed by atoms with Gasteiger partial charge >= 0.3 is 0 Å². The number of sulfone groups is 1. The van der Waals surface area contributed by atoms with Gasteiger partial charge in [-0.15, -0.1) is 0 Å². The smallest absolute Gasteiger partial charge is 0.224 e. The standard InChI is InChI=1S/C15H18N2O3S/c16-8-3-5-13-4-1-2-6-14(13)17-15(18)10-12-7-9-21(19,20)11-12/h1-2,4,6,12H,7-11,16H2,(H,17,18). The summed E-state index contributed by atoms with van der Waals surface area (Å²) in [6, 6.07) is 7.21. The Balaban J connectivity index is 2.00. The number of carbonyl (C=O) groups excluding carboxylic acids is 1. The predicted molar refractivity (Wildman–Crippen MR) is 82.4 cm³/mol. The first-order chi connectivity index (χ1) is 10.00. The molecule has 0 aliphatic carbocycles. The van der Waals surface area contributed by atoms with Gasteiger partial charge in [-0.25, -0.2) is 8.42 Å². The monoisotopic (exact) mass is 306 g/mol. The van der Waals surface area contributed by atoms with Crippen LogP contribution in [0.1, 0.15) is 18.4 Å². The van der Waals surface area contributed by atoms with Gasteiger partial charge in [0.05, 0.1) is 23.7 Å². The minimum atomic E-state index is -2.95. The topological polar surface area (TPSA) is 89.3 Å². The van der Waals surface area contributed by atoms with Crippen LogP contribution in [0.15, 0.2) is 24.3 Å². The number of hydrogen-bond acceptors (Lipinski definition) is 4. The van der Waals surface area contributed by atoms with Crippen LogP contribution >= 0.6 is 0 Å². The molecule has 1 fully saturated rings. The molecule has 0 saturated carbocycles. The van der Waals surface area contributed by atoms with E-state index in [2.05, 4.69) is 17.2 Å². The summed E-state index contributed by atoms with van der Waals surface area (Å²) in [5, 5.41) is 2.80. The minimum absolute atomic E-state index is 0.0858. The molecule has 6 heteroatoms. The van der Waals surface area contributed by atoms with E-state index in [9.17, 15) is 13.2 Å². The van der Waals surface area contributed by atoms with E-state index >= 15 is 0 Å². The number of para-hydroxylation sites is 1. The molecular formula is C15H18N2O3S. The third-order valence-electron chi connectivity index (χ3n) is 3.33. The van der Waals surface area contributed by atoms with Crippen LogP contribution in [0.25, 0.3) is 0 Å². The summed E-state index contributed by atoms with van der Waals surface area (Å²) in [6.45, 7) is 0.252. The van der Waals surface area contributed by atoms with Gasteiger partial charge in [0, 0.05) is 12.0 Å². The second kappa shape index (κ2) is 6.74. The molecule has 0 radical (unpaired) electrons. The van der Waals surface area contributed by atoms with Crippen molar-refractivity contribution in [3.8, 4) is 11.8 Å². The van der Waals surface area contributed by atoms with Crippen molar-refractivity contribution in [3.63, 3.8) is 0 Å². The Bertz CT molecular complexity index is 686. The maximum atomic E-state index is 12.0. The molecule has 1 aliphatic rings. The van der Waals surface area contributed by atoms with Crippen molar-refractivity contribution in [3.05, 3.63) is 29.8 Å². The zero-order valence-electron chi connectivity index (χ0n) is 11.6. The third kappa shape index (κ3) is 4.59. The van der Waals surface area contributed by atoms with Crippen LogP contribution < -0.4 is 11.1 Å². The summed E-state index contributed by atoms with van der Waals surface area (Å²) in [4.78, 5) is 12.0. The van der Waals surface area contributed by atoms with Gasteiger partial charge in [0.1, 0.15) is 0 Å². The molecule has 1 amide bonds. The first kappa shape index (κ1) is 15.5. The van der Waals surface area contributed by atoms with Crippen LogP contribution in [-0.4, -0.2) is 32.4 Å². The number of carbonyl (C=O) groups is 1. The molecule has 1 aromatic rings. The van der Waals surface area contributed by atoms with Gasteiger partial charge in [-0.1, -0.05) is 24.0 Å². The molecule has 2 rings (SSSR count). The Morgan fingerprint density at radius 1 is 1.38 bits per heavy atom. The van der Waals surface area contributed by atoms with E-state index < -0.39 is 9.84 Å². The number of nitrogens with one attached hydrogen (secondary N) is 1. The van der Waals surface area contributed by atoms with Crippen LogP contribution in [0.3, 0.4) is 0 Å². The summed E-state index contributed by atoms with van der Waals surface area (Å²) >= 11 is 0. The Kier molecular flexibility index (Phi) is 4.99. The molecule has 1 saturated heterocycles. The zero-order valence-corrected chi connectivity index (χ0v) is 12.4. The van der Waals surface area contributed by atoms with E-state index in [4.69, 9.17) is 5.73 Å². The summed E-state index contributed by atoms with van der Waals surface area (Å²) in [7, 11) is -2.95. The van der Waals surface area contributed by atoms with E-state index in [0.29, 0.717) is 17.7 Å². The first-order valence-corrected chi connectivity index (χ1v) is 8.60. The van der Waals surface area contributed by atoms with E-state index in [0.717, 1.165) is 0 Å². The molecular weight excluding hydrogens is 288 g/mol. The fraction of sp³-hybridized carbons (Fsp3) is 0.400. The number of rotatable bonds is 3. The molecule has 1 aromatic carbocycles. The van der Waals surface area contributed by atoms with Crippen LogP contribution in [0, 0.1) is 17.8 Å². The van der Waals surface area contributed by atoms with Gasteiger partial charge in [-0.2, -0.15) is 0 Å². The number of amides is 1. The van der Waals surface area contributed by atoms with Crippen LogP contribution in [0.2, 0.25) is 0 Å². The number of benzene rings is 1. The van der Waals surface area contributed by atoms with Gasteiger partial charge in [0.25, 0.3) is 0 Å². The van der Waals surface area contributed by atoms with Crippen LogP contribution in [-0.2, 0) is 14.6 Å². The van der Waals surface area contributed by atoms with Crippen molar-refractivity contribution in [2.24, 2.45) is 11.7 Å². The van der Waals surface area contributed by atoms with E-state index in [1.807, 2.05) is 12.1 Å². The van der Waals surface area contributed by atoms with E-state index in [1.54, 1.807) is 12.1 Å². The summed E-state index contributed by atoms with van der Waals surface area (Å²) in [5.41, 5.74) is 6.68. The fourth-order valence-corrected chi connectivity index (χ4v) is 4.21. The number of hydrogen-bond donors (Lipinski definition) is 2. The predicted octanol–water partition coefficient (Wildman–Crippen LogP) is 0.760. The Morgan fingerprint density at radius 3 is 2.81 bits per heavy atom. The quantitative estimate of drug-likeness (QED) is 0.807. The van der Waals surface area contributed by atoms with Gasteiger partial charge < -0.3 is 11.1 Å². The summed E-state index contributed by atoms with van der Waals surface area (Å²) in [5.74, 6) is 5.67. The molecule has 112 valence electrons. The SMILES string of the molecule is NCC#Cc1ccccc1NC(=O)CC1CCS(=O)(=O)C1. The second-order valence-corrected chi connectivity index (χ2v) is 7.30. The van der Waals surface area contributed by atoms with Crippen LogP contribution in [0.5, 0.6) is 0 Å². The number of anilines is 1. The van der Waals surface area contributed by atoms with Gasteiger partial charge in [-0.3, -0.25) is 4.79 Å². The third-order valence-corrected chi connectivity index (χ3v) is 5.16. The van der Waals surface area contributed by atoms with Crippen molar-refractivity contribution in [1.29, 1.82) is 0 Å². The lowest BCUT2D eigenvalue weighted by Gasteiger charge is -2.10. The largest absolute Gasteiger partial charge is 0.325 e. The zero-order chi connectivity index (χ0) is 15.3. The molecule has 3 N–H and O–H groups in total. The summed E-state index contributed by atoms with van der Waals surface area (Å²) < 4.78 is 22.8. The molecule has 1 unspecified atom stereocenters. The lowest BCUT2D eigenvalue weighted by Crippen LogP contribution is -2.18.